The van der Waals surface area contributed by atoms with Crippen LogP contribution in [0.4, 0.5) is 13.2 Å². The van der Waals surface area contributed by atoms with Gasteiger partial charge in [-0.3, -0.25) is 0 Å². The molecule has 1 aromatic carbocycles. The first-order chi connectivity index (χ1) is 5.16. The zero-order valence-electron chi connectivity index (χ0n) is 5.92. The van der Waals surface area contributed by atoms with Crippen molar-refractivity contribution in [3.05, 3.63) is 35.1 Å². The van der Waals surface area contributed by atoms with Crippen molar-refractivity contribution in [3.8, 4) is 0 Å². The monoisotopic (exact) mass is 159 g/mol. The number of hydrogen-bond acceptors (Lipinski definition) is 0. The summed E-state index contributed by atoms with van der Waals surface area (Å²) in [6.45, 7) is 1.56. The Balaban J connectivity index is 3.29. The highest BCUT2D eigenvalue weighted by molar-refractivity contribution is 5.19. The summed E-state index contributed by atoms with van der Waals surface area (Å²) in [6.07, 6.45) is 0.142. The second-order valence-electron chi connectivity index (χ2n) is 2.10. The lowest BCUT2D eigenvalue weighted by Crippen LogP contribution is -1.96. The molecule has 0 saturated carbocycles. The molecule has 0 bridgehead atoms. The first-order valence-corrected chi connectivity index (χ1v) is 3.20. The standard InChI is InChI=1S/C8H6F3/c1-2-5-6(9)3-4-7(10)8(5)11/h3H,2H2,1H3. The average molecular weight is 159 g/mol. The van der Waals surface area contributed by atoms with Crippen molar-refractivity contribution in [1.29, 1.82) is 0 Å². The average Bonchev–Trinajstić information content (AvgIpc) is 1.99. The summed E-state index contributed by atoms with van der Waals surface area (Å²) in [5.74, 6) is -3.00. The summed E-state index contributed by atoms with van der Waals surface area (Å²) in [7, 11) is 0. The minimum atomic E-state index is -1.13. The molecule has 1 radical (unpaired) electrons. The van der Waals surface area contributed by atoms with E-state index in [0.29, 0.717) is 0 Å². The summed E-state index contributed by atoms with van der Waals surface area (Å²) >= 11 is 0. The quantitative estimate of drug-likeness (QED) is 0.552. The van der Waals surface area contributed by atoms with Crippen LogP contribution in [0, 0.1) is 23.5 Å². The van der Waals surface area contributed by atoms with Crippen LogP contribution in [0.2, 0.25) is 0 Å². The van der Waals surface area contributed by atoms with E-state index in [1.807, 2.05) is 6.07 Å². The summed E-state index contributed by atoms with van der Waals surface area (Å²) < 4.78 is 37.6. The van der Waals surface area contributed by atoms with E-state index in [9.17, 15) is 13.2 Å². The van der Waals surface area contributed by atoms with Crippen LogP contribution in [0.3, 0.4) is 0 Å². The van der Waals surface area contributed by atoms with Gasteiger partial charge in [0, 0.05) is 11.6 Å². The third-order valence-corrected chi connectivity index (χ3v) is 1.43. The molecule has 11 heavy (non-hydrogen) atoms. The fourth-order valence-corrected chi connectivity index (χ4v) is 0.839. The van der Waals surface area contributed by atoms with Gasteiger partial charge in [0.15, 0.2) is 11.6 Å². The molecular formula is C8H6F3. The van der Waals surface area contributed by atoms with Gasteiger partial charge in [-0.15, -0.1) is 0 Å². The third-order valence-electron chi connectivity index (χ3n) is 1.43. The lowest BCUT2D eigenvalue weighted by Gasteiger charge is -2.00. The molecule has 0 saturated heterocycles. The first-order valence-electron chi connectivity index (χ1n) is 3.20. The van der Waals surface area contributed by atoms with Crippen molar-refractivity contribution in [2.45, 2.75) is 13.3 Å². The van der Waals surface area contributed by atoms with Crippen molar-refractivity contribution in [1.82, 2.24) is 0 Å². The Morgan fingerprint density at radius 3 is 2.45 bits per heavy atom. The molecule has 1 aromatic rings. The number of hydrogen-bond donors (Lipinski definition) is 0. The lowest BCUT2D eigenvalue weighted by atomic mass is 10.1. The molecule has 0 heterocycles. The molecule has 0 amide bonds. The van der Waals surface area contributed by atoms with Crippen LogP contribution >= 0.6 is 0 Å². The van der Waals surface area contributed by atoms with E-state index in [1.165, 1.54) is 0 Å². The van der Waals surface area contributed by atoms with Crippen LogP contribution < -0.4 is 0 Å². The molecular weight excluding hydrogens is 153 g/mol. The van der Waals surface area contributed by atoms with Gasteiger partial charge in [0.25, 0.3) is 0 Å². The van der Waals surface area contributed by atoms with Gasteiger partial charge in [-0.1, -0.05) is 6.92 Å². The van der Waals surface area contributed by atoms with E-state index in [2.05, 4.69) is 0 Å². The molecule has 0 aliphatic rings. The van der Waals surface area contributed by atoms with Crippen molar-refractivity contribution in [2.75, 3.05) is 0 Å². The molecule has 0 N–H and O–H groups in total. The van der Waals surface area contributed by atoms with Crippen molar-refractivity contribution in [3.63, 3.8) is 0 Å². The lowest BCUT2D eigenvalue weighted by molar-refractivity contribution is 0.479. The summed E-state index contributed by atoms with van der Waals surface area (Å²) in [5.41, 5.74) is -0.221. The fraction of sp³-hybridized carbons (Fsp3) is 0.250. The van der Waals surface area contributed by atoms with E-state index in [4.69, 9.17) is 0 Å². The minimum absolute atomic E-state index is 0.142. The van der Waals surface area contributed by atoms with Crippen LogP contribution in [0.5, 0.6) is 0 Å². The summed E-state index contributed by atoms with van der Waals surface area (Å²) in [4.78, 5) is 0. The van der Waals surface area contributed by atoms with E-state index < -0.39 is 17.5 Å². The third kappa shape index (κ3) is 1.37. The summed E-state index contributed by atoms with van der Waals surface area (Å²) in [5, 5.41) is 0. The van der Waals surface area contributed by atoms with Gasteiger partial charge >= 0.3 is 0 Å². The predicted molar refractivity (Wildman–Crippen MR) is 34.5 cm³/mol. The van der Waals surface area contributed by atoms with Crippen molar-refractivity contribution < 1.29 is 13.2 Å². The molecule has 0 nitrogen and oxygen atoms in total. The molecule has 1 rings (SSSR count). The van der Waals surface area contributed by atoms with Crippen molar-refractivity contribution in [2.24, 2.45) is 0 Å². The molecule has 0 atom stereocenters. The molecule has 0 spiro atoms. The fourth-order valence-electron chi connectivity index (χ4n) is 0.839. The zero-order valence-corrected chi connectivity index (χ0v) is 5.92. The maximum absolute atomic E-state index is 12.6. The van der Waals surface area contributed by atoms with Crippen LogP contribution in [0.1, 0.15) is 12.5 Å². The van der Waals surface area contributed by atoms with Crippen LogP contribution in [0.15, 0.2) is 6.07 Å². The Morgan fingerprint density at radius 2 is 2.00 bits per heavy atom. The van der Waals surface area contributed by atoms with E-state index in [-0.39, 0.29) is 12.0 Å². The predicted octanol–water partition coefficient (Wildman–Crippen LogP) is 2.47. The van der Waals surface area contributed by atoms with Gasteiger partial charge in [-0.25, -0.2) is 13.2 Å². The van der Waals surface area contributed by atoms with Gasteiger partial charge in [0.2, 0.25) is 0 Å². The maximum Gasteiger partial charge on any atom is 0.167 e. The smallest absolute Gasteiger partial charge is 0.167 e. The van der Waals surface area contributed by atoms with Gasteiger partial charge < -0.3 is 0 Å². The van der Waals surface area contributed by atoms with Gasteiger partial charge in [0.05, 0.1) is 0 Å². The molecule has 0 aliphatic heterocycles. The van der Waals surface area contributed by atoms with Crippen molar-refractivity contribution >= 4 is 0 Å². The normalized spacial score (nSPS) is 10.2. The van der Waals surface area contributed by atoms with Gasteiger partial charge in [-0.2, -0.15) is 0 Å². The van der Waals surface area contributed by atoms with Gasteiger partial charge in [-0.05, 0) is 12.5 Å². The molecule has 0 fully saturated rings. The number of halogens is 3. The topological polar surface area (TPSA) is 0 Å². The van der Waals surface area contributed by atoms with Crippen LogP contribution in [-0.2, 0) is 6.42 Å². The highest BCUT2D eigenvalue weighted by Gasteiger charge is 2.11. The van der Waals surface area contributed by atoms with E-state index in [1.54, 1.807) is 6.92 Å². The largest absolute Gasteiger partial charge is 0.207 e. The number of rotatable bonds is 1. The van der Waals surface area contributed by atoms with E-state index in [0.717, 1.165) is 6.07 Å². The first kappa shape index (κ1) is 8.11. The van der Waals surface area contributed by atoms with E-state index >= 15 is 0 Å². The second-order valence-corrected chi connectivity index (χ2v) is 2.10. The second kappa shape index (κ2) is 2.95. The Hall–Kier alpha value is -0.990. The SMILES string of the molecule is CCc1c(F)c[c]c(F)c1F. The Morgan fingerprint density at radius 1 is 1.36 bits per heavy atom. The highest BCUT2D eigenvalue weighted by Crippen LogP contribution is 2.15. The number of benzene rings is 1. The zero-order chi connectivity index (χ0) is 8.43. The Bertz CT molecular complexity index is 268. The van der Waals surface area contributed by atoms with Crippen LogP contribution in [-0.4, -0.2) is 0 Å². The highest BCUT2D eigenvalue weighted by atomic mass is 19.2. The Labute approximate surface area is 62.7 Å². The molecule has 3 heteroatoms. The summed E-state index contributed by atoms with van der Waals surface area (Å²) in [6, 6.07) is 2.63. The van der Waals surface area contributed by atoms with Gasteiger partial charge in [0.1, 0.15) is 5.82 Å². The molecule has 0 unspecified atom stereocenters. The maximum atomic E-state index is 12.6. The Kier molecular flexibility index (Phi) is 2.17. The van der Waals surface area contributed by atoms with Crippen LogP contribution in [0.25, 0.3) is 0 Å². The molecule has 0 aromatic heterocycles. The molecule has 59 valence electrons. The minimum Gasteiger partial charge on any atom is -0.207 e. The molecule has 0 aliphatic carbocycles.